The predicted molar refractivity (Wildman–Crippen MR) is 106 cm³/mol. The van der Waals surface area contributed by atoms with E-state index in [2.05, 4.69) is 24.8 Å². The fraction of sp³-hybridized carbons (Fsp3) is 0.708. The number of carbonyl (C=O) groups is 1. The van der Waals surface area contributed by atoms with Crippen LogP contribution in [0.25, 0.3) is 0 Å². The van der Waals surface area contributed by atoms with Crippen molar-refractivity contribution in [2.75, 3.05) is 0 Å². The Labute approximate surface area is 166 Å². The molecule has 1 aliphatic heterocycles. The van der Waals surface area contributed by atoms with Crippen LogP contribution in [0.4, 0.5) is 0 Å². The number of nitroso groups, excluding NO2 is 1. The van der Waals surface area contributed by atoms with Crippen LogP contribution in [0.3, 0.4) is 0 Å². The second-order valence-corrected chi connectivity index (χ2v) is 10.2. The molecule has 6 rings (SSSR count). The number of esters is 1. The molecule has 4 heteroatoms. The summed E-state index contributed by atoms with van der Waals surface area (Å²) in [6.07, 6.45) is 12.3. The number of fused-ring (bicyclic) bond motifs is 8. The summed E-state index contributed by atoms with van der Waals surface area (Å²) in [6, 6.07) is -0.0593. The lowest BCUT2D eigenvalue weighted by Crippen LogP contribution is -2.55. The first-order valence-corrected chi connectivity index (χ1v) is 11.2. The van der Waals surface area contributed by atoms with Gasteiger partial charge in [0.2, 0.25) is 0 Å². The Balaban J connectivity index is 1.41. The second kappa shape index (κ2) is 5.46. The molecule has 3 saturated carbocycles. The normalized spacial score (nSPS) is 50.8. The van der Waals surface area contributed by atoms with E-state index in [1.54, 1.807) is 11.6 Å². The predicted octanol–water partition coefficient (Wildman–Crippen LogP) is 5.10. The van der Waals surface area contributed by atoms with Crippen LogP contribution in [0.1, 0.15) is 58.3 Å². The molecule has 148 valence electrons. The summed E-state index contributed by atoms with van der Waals surface area (Å²) in [5.41, 5.74) is 4.00. The number of hydrogen-bond acceptors (Lipinski definition) is 4. The molecule has 0 bridgehead atoms. The van der Waals surface area contributed by atoms with Crippen molar-refractivity contribution >= 4 is 5.97 Å². The lowest BCUT2D eigenvalue weighted by Gasteiger charge is -2.57. The van der Waals surface area contributed by atoms with Crippen LogP contribution >= 0.6 is 0 Å². The van der Waals surface area contributed by atoms with Gasteiger partial charge in [0.1, 0.15) is 5.60 Å². The number of allylic oxidation sites excluding steroid dienone is 2. The van der Waals surface area contributed by atoms with Crippen molar-refractivity contribution in [1.29, 1.82) is 0 Å². The molecule has 1 heterocycles. The van der Waals surface area contributed by atoms with Crippen molar-refractivity contribution < 1.29 is 9.53 Å². The Bertz CT molecular complexity index is 856. The number of ether oxygens (including phenoxy) is 1. The molecule has 0 aromatic carbocycles. The molecule has 5 aliphatic carbocycles. The van der Waals surface area contributed by atoms with E-state index in [0.717, 1.165) is 38.5 Å². The largest absolute Gasteiger partial charge is 0.451 e. The van der Waals surface area contributed by atoms with Gasteiger partial charge in [0.25, 0.3) is 0 Å². The molecule has 6 unspecified atom stereocenters. The van der Waals surface area contributed by atoms with Gasteiger partial charge in [0, 0.05) is 17.4 Å². The van der Waals surface area contributed by atoms with Crippen LogP contribution in [0, 0.1) is 39.9 Å². The molecule has 1 spiro atoms. The number of rotatable bonds is 2. The van der Waals surface area contributed by atoms with Crippen LogP contribution < -0.4 is 0 Å². The molecule has 0 amide bonds. The minimum Gasteiger partial charge on any atom is -0.451 e. The van der Waals surface area contributed by atoms with Gasteiger partial charge in [-0.05, 0) is 86.7 Å². The standard InChI is InChI=1S/C24H29NO3/c1-3-23-8-6-16-15-5-4-14(25-27)11-17(15)13(2)10-18(16)22(23)19-12-20(19)24(23)9-7-21(26)28-24/h7,9,14,16,18-20,22H,2-6,8,10-12H2,1H3/t14?,16?,18?,19?,20?,22?,23-,24-/m0/s1. The summed E-state index contributed by atoms with van der Waals surface area (Å²) in [5.74, 6) is 2.98. The van der Waals surface area contributed by atoms with Gasteiger partial charge in [-0.25, -0.2) is 4.79 Å². The first-order chi connectivity index (χ1) is 13.5. The molecule has 0 saturated heterocycles. The summed E-state index contributed by atoms with van der Waals surface area (Å²) < 4.78 is 6.14. The monoisotopic (exact) mass is 379 g/mol. The Kier molecular flexibility index (Phi) is 3.35. The lowest BCUT2D eigenvalue weighted by atomic mass is 9.49. The first-order valence-electron chi connectivity index (χ1n) is 11.2. The van der Waals surface area contributed by atoms with Crippen molar-refractivity contribution in [2.45, 2.75) is 69.9 Å². The van der Waals surface area contributed by atoms with Crippen molar-refractivity contribution in [3.8, 4) is 0 Å². The Morgan fingerprint density at radius 2 is 2.14 bits per heavy atom. The summed E-state index contributed by atoms with van der Waals surface area (Å²) >= 11 is 0. The fourth-order valence-corrected chi connectivity index (χ4v) is 8.61. The highest BCUT2D eigenvalue weighted by Gasteiger charge is 2.78. The summed E-state index contributed by atoms with van der Waals surface area (Å²) in [7, 11) is 0. The maximum atomic E-state index is 12.1. The van der Waals surface area contributed by atoms with E-state index in [0.29, 0.717) is 29.6 Å². The van der Waals surface area contributed by atoms with Gasteiger partial charge in [-0.3, -0.25) is 0 Å². The third-order valence-electron chi connectivity index (χ3n) is 9.59. The Morgan fingerprint density at radius 3 is 2.86 bits per heavy atom. The molecule has 4 nitrogen and oxygen atoms in total. The van der Waals surface area contributed by atoms with Crippen LogP contribution in [0.5, 0.6) is 0 Å². The number of hydrogen-bond donors (Lipinski definition) is 0. The Hall–Kier alpha value is -1.71. The van der Waals surface area contributed by atoms with Gasteiger partial charge in [-0.1, -0.05) is 29.8 Å². The van der Waals surface area contributed by atoms with Gasteiger partial charge in [-0.2, -0.15) is 4.91 Å². The van der Waals surface area contributed by atoms with E-state index >= 15 is 0 Å². The average Bonchev–Trinajstić information content (AvgIpc) is 3.35. The highest BCUT2D eigenvalue weighted by molar-refractivity contribution is 5.86. The maximum absolute atomic E-state index is 12.1. The van der Waals surface area contributed by atoms with Crippen LogP contribution in [0.2, 0.25) is 0 Å². The Morgan fingerprint density at radius 1 is 1.29 bits per heavy atom. The summed E-state index contributed by atoms with van der Waals surface area (Å²) in [4.78, 5) is 23.2. The first kappa shape index (κ1) is 17.2. The SMILES string of the molecule is C=C1CC2C(CC[C@@]3(CC)C2C2CC2[C@@]32C=CC(=O)O2)C2=C1CC(N=O)CC2. The molecule has 0 aromatic heterocycles. The number of nitrogens with zero attached hydrogens (tertiary/aromatic N) is 1. The molecule has 0 aromatic rings. The van der Waals surface area contributed by atoms with Gasteiger partial charge in [0.05, 0.1) is 6.04 Å². The van der Waals surface area contributed by atoms with Gasteiger partial charge in [-0.15, -0.1) is 0 Å². The molecular formula is C24H29NO3. The summed E-state index contributed by atoms with van der Waals surface area (Å²) in [5, 5.41) is 3.35. The third-order valence-corrected chi connectivity index (χ3v) is 9.59. The van der Waals surface area contributed by atoms with Crippen molar-refractivity contribution in [3.05, 3.63) is 40.4 Å². The molecule has 6 aliphatic rings. The maximum Gasteiger partial charge on any atom is 0.331 e. The molecular weight excluding hydrogens is 350 g/mol. The molecule has 3 fully saturated rings. The molecule has 28 heavy (non-hydrogen) atoms. The zero-order chi connectivity index (χ0) is 19.3. The van der Waals surface area contributed by atoms with Crippen LogP contribution in [-0.4, -0.2) is 17.6 Å². The number of carbonyl (C=O) groups excluding carboxylic acids is 1. The quantitative estimate of drug-likeness (QED) is 0.495. The zero-order valence-electron chi connectivity index (χ0n) is 16.7. The smallest absolute Gasteiger partial charge is 0.331 e. The second-order valence-electron chi connectivity index (χ2n) is 10.2. The molecule has 0 N–H and O–H groups in total. The van der Waals surface area contributed by atoms with Crippen molar-refractivity contribution in [1.82, 2.24) is 0 Å². The highest BCUT2D eigenvalue weighted by atomic mass is 16.6. The summed E-state index contributed by atoms with van der Waals surface area (Å²) in [6.45, 7) is 6.77. The zero-order valence-corrected chi connectivity index (χ0v) is 16.7. The average molecular weight is 380 g/mol. The fourth-order valence-electron chi connectivity index (χ4n) is 8.61. The van der Waals surface area contributed by atoms with E-state index in [4.69, 9.17) is 4.74 Å². The van der Waals surface area contributed by atoms with E-state index in [9.17, 15) is 9.70 Å². The third kappa shape index (κ3) is 1.85. The van der Waals surface area contributed by atoms with E-state index in [-0.39, 0.29) is 23.0 Å². The minimum absolute atomic E-state index is 0.0593. The van der Waals surface area contributed by atoms with E-state index < -0.39 is 0 Å². The van der Waals surface area contributed by atoms with Crippen LogP contribution in [-0.2, 0) is 9.53 Å². The van der Waals surface area contributed by atoms with Gasteiger partial charge >= 0.3 is 5.97 Å². The topological polar surface area (TPSA) is 55.7 Å². The van der Waals surface area contributed by atoms with Crippen molar-refractivity contribution in [3.63, 3.8) is 0 Å². The van der Waals surface area contributed by atoms with Gasteiger partial charge in [0.15, 0.2) is 0 Å². The van der Waals surface area contributed by atoms with Crippen molar-refractivity contribution in [2.24, 2.45) is 40.2 Å². The lowest BCUT2D eigenvalue weighted by molar-refractivity contribution is -0.169. The van der Waals surface area contributed by atoms with Gasteiger partial charge < -0.3 is 4.74 Å². The van der Waals surface area contributed by atoms with E-state index in [1.807, 2.05) is 0 Å². The highest BCUT2D eigenvalue weighted by Crippen LogP contribution is 2.78. The van der Waals surface area contributed by atoms with Crippen LogP contribution in [0.15, 0.2) is 40.6 Å². The van der Waals surface area contributed by atoms with E-state index in [1.165, 1.54) is 24.0 Å². The minimum atomic E-state index is -0.339. The molecule has 0 radical (unpaired) electrons. The molecule has 8 atom stereocenters.